The lowest BCUT2D eigenvalue weighted by atomic mass is 9.93. The Labute approximate surface area is 212 Å². The molecule has 0 N–H and O–H groups in total. The second-order valence-corrected chi connectivity index (χ2v) is 9.14. The second-order valence-electron chi connectivity index (χ2n) is 8.13. The summed E-state index contributed by atoms with van der Waals surface area (Å²) in [4.78, 5) is 32.4. The van der Waals surface area contributed by atoms with E-state index in [9.17, 15) is 9.59 Å². The van der Waals surface area contributed by atoms with Gasteiger partial charge in [0.25, 0.3) is 5.56 Å². The lowest BCUT2D eigenvalue weighted by molar-refractivity contribution is -0.138. The summed E-state index contributed by atoms with van der Waals surface area (Å²) in [6.07, 6.45) is 5.62. The van der Waals surface area contributed by atoms with Crippen LogP contribution >= 0.6 is 11.3 Å². The predicted molar refractivity (Wildman–Crippen MR) is 144 cm³/mol. The van der Waals surface area contributed by atoms with Crippen LogP contribution in [-0.4, -0.2) is 17.1 Å². The van der Waals surface area contributed by atoms with Gasteiger partial charge < -0.3 is 4.74 Å². The number of fused-ring (bicyclic) bond motifs is 1. The first kappa shape index (κ1) is 23.5. The van der Waals surface area contributed by atoms with E-state index in [4.69, 9.17) is 9.73 Å². The van der Waals surface area contributed by atoms with Crippen LogP contribution < -0.4 is 14.9 Å². The Balaban J connectivity index is 1.74. The molecule has 1 aliphatic rings. The lowest BCUT2D eigenvalue weighted by Gasteiger charge is -2.25. The Kier molecular flexibility index (Phi) is 6.87. The fourth-order valence-electron chi connectivity index (χ4n) is 4.22. The molecule has 0 spiro atoms. The van der Waals surface area contributed by atoms with Crippen molar-refractivity contribution in [1.82, 2.24) is 4.57 Å². The Morgan fingerprint density at radius 1 is 0.972 bits per heavy atom. The number of allylic oxidation sites excluding steroid dienone is 1. The average molecular weight is 493 g/mol. The number of esters is 1. The van der Waals surface area contributed by atoms with Crippen LogP contribution in [0, 0.1) is 0 Å². The van der Waals surface area contributed by atoms with Gasteiger partial charge in [0.05, 0.1) is 28.5 Å². The van der Waals surface area contributed by atoms with Gasteiger partial charge in [0.2, 0.25) is 0 Å². The van der Waals surface area contributed by atoms with Crippen LogP contribution in [-0.2, 0) is 9.53 Å². The number of thiazole rings is 1. The van der Waals surface area contributed by atoms with Crippen LogP contribution in [0.1, 0.15) is 29.7 Å². The monoisotopic (exact) mass is 492 g/mol. The SMILES string of the molecule is CCOC(=O)C1=C(c2ccccc2)N=c2s/c(=C/C=C/c3ccccc3)c(=O)n2[C@@H]1c1ccccc1. The molecule has 178 valence electrons. The number of carbonyl (C=O) groups is 1. The third-order valence-electron chi connectivity index (χ3n) is 5.82. The van der Waals surface area contributed by atoms with Gasteiger partial charge in [-0.1, -0.05) is 114 Å². The molecule has 1 aromatic heterocycles. The van der Waals surface area contributed by atoms with Crippen molar-refractivity contribution in [2.24, 2.45) is 4.99 Å². The summed E-state index contributed by atoms with van der Waals surface area (Å²) in [7, 11) is 0. The maximum Gasteiger partial charge on any atom is 0.338 e. The minimum atomic E-state index is -0.656. The Bertz CT molecular complexity index is 1620. The zero-order valence-corrected chi connectivity index (χ0v) is 20.5. The number of rotatable bonds is 6. The minimum absolute atomic E-state index is 0.195. The molecule has 0 saturated heterocycles. The lowest BCUT2D eigenvalue weighted by Crippen LogP contribution is -2.39. The standard InChI is InChI=1S/C30H24N2O3S/c1-2-35-29(34)25-26(22-16-8-4-9-17-22)31-30-32(27(25)23-18-10-5-11-19-23)28(33)24(36-30)20-12-15-21-13-6-3-7-14-21/h3-20,27H,2H2,1H3/b15-12+,24-20+/t27-/m1/s1. The molecule has 1 aliphatic heterocycles. The number of benzene rings is 3. The molecular weight excluding hydrogens is 468 g/mol. The molecule has 2 heterocycles. The van der Waals surface area contributed by atoms with E-state index in [-0.39, 0.29) is 12.2 Å². The van der Waals surface area contributed by atoms with Crippen molar-refractivity contribution in [3.63, 3.8) is 0 Å². The molecular formula is C30H24N2O3S. The topological polar surface area (TPSA) is 60.7 Å². The Morgan fingerprint density at radius 3 is 2.28 bits per heavy atom. The van der Waals surface area contributed by atoms with Crippen LogP contribution in [0.5, 0.6) is 0 Å². The molecule has 5 rings (SSSR count). The van der Waals surface area contributed by atoms with Crippen molar-refractivity contribution in [1.29, 1.82) is 0 Å². The minimum Gasteiger partial charge on any atom is -0.463 e. The van der Waals surface area contributed by atoms with Gasteiger partial charge in [-0.05, 0) is 24.1 Å². The molecule has 0 unspecified atom stereocenters. The van der Waals surface area contributed by atoms with Crippen molar-refractivity contribution < 1.29 is 9.53 Å². The van der Waals surface area contributed by atoms with Crippen molar-refractivity contribution in [2.45, 2.75) is 13.0 Å². The summed E-state index contributed by atoms with van der Waals surface area (Å²) < 4.78 is 7.63. The molecule has 1 atom stereocenters. The number of hydrogen-bond acceptors (Lipinski definition) is 5. The summed E-state index contributed by atoms with van der Waals surface area (Å²) in [6.45, 7) is 1.99. The maximum atomic E-state index is 13.7. The fourth-order valence-corrected chi connectivity index (χ4v) is 5.17. The third kappa shape index (κ3) is 4.63. The quantitative estimate of drug-likeness (QED) is 0.370. The van der Waals surface area contributed by atoms with E-state index in [0.29, 0.717) is 20.6 Å². The van der Waals surface area contributed by atoms with E-state index in [1.165, 1.54) is 11.3 Å². The fraction of sp³-hybridized carbons (Fsp3) is 0.100. The third-order valence-corrected chi connectivity index (χ3v) is 6.83. The Hall–Kier alpha value is -4.29. The highest BCUT2D eigenvalue weighted by Crippen LogP contribution is 2.34. The summed E-state index contributed by atoms with van der Waals surface area (Å²) in [5, 5.41) is 0. The first-order valence-electron chi connectivity index (χ1n) is 11.7. The number of ether oxygens (including phenoxy) is 1. The van der Waals surface area contributed by atoms with E-state index in [1.54, 1.807) is 17.6 Å². The second kappa shape index (κ2) is 10.5. The first-order valence-corrected chi connectivity index (χ1v) is 12.5. The molecule has 0 aliphatic carbocycles. The van der Waals surface area contributed by atoms with Crippen molar-refractivity contribution >= 4 is 35.2 Å². The highest BCUT2D eigenvalue weighted by molar-refractivity contribution is 7.07. The van der Waals surface area contributed by atoms with E-state index in [1.807, 2.05) is 103 Å². The normalized spacial score (nSPS) is 15.6. The predicted octanol–water partition coefficient (Wildman–Crippen LogP) is 4.60. The van der Waals surface area contributed by atoms with Gasteiger partial charge in [0, 0.05) is 5.56 Å². The van der Waals surface area contributed by atoms with Gasteiger partial charge in [-0.3, -0.25) is 9.36 Å². The van der Waals surface area contributed by atoms with Gasteiger partial charge in [0.15, 0.2) is 4.80 Å². The molecule has 36 heavy (non-hydrogen) atoms. The molecule has 3 aromatic carbocycles. The van der Waals surface area contributed by atoms with Gasteiger partial charge in [-0.25, -0.2) is 9.79 Å². The molecule has 6 heteroatoms. The molecule has 0 saturated carbocycles. The first-order chi connectivity index (χ1) is 17.7. The number of carbonyl (C=O) groups excluding carboxylic acids is 1. The van der Waals surface area contributed by atoms with Crippen LogP contribution in [0.3, 0.4) is 0 Å². The van der Waals surface area contributed by atoms with Crippen LogP contribution in [0.2, 0.25) is 0 Å². The van der Waals surface area contributed by atoms with Crippen LogP contribution in [0.25, 0.3) is 17.8 Å². The summed E-state index contributed by atoms with van der Waals surface area (Å²) in [5.74, 6) is -0.479. The van der Waals surface area contributed by atoms with Crippen molar-refractivity contribution in [3.8, 4) is 0 Å². The van der Waals surface area contributed by atoms with E-state index < -0.39 is 12.0 Å². The zero-order valence-electron chi connectivity index (χ0n) is 19.7. The van der Waals surface area contributed by atoms with Crippen LogP contribution in [0.15, 0.2) is 112 Å². The number of aromatic nitrogens is 1. The highest BCUT2D eigenvalue weighted by Gasteiger charge is 2.34. The number of nitrogens with zero attached hydrogens (tertiary/aromatic N) is 2. The average Bonchev–Trinajstić information content (AvgIpc) is 3.24. The molecule has 0 radical (unpaired) electrons. The summed E-state index contributed by atoms with van der Waals surface area (Å²) in [6, 6.07) is 28.3. The largest absolute Gasteiger partial charge is 0.463 e. The smallest absolute Gasteiger partial charge is 0.338 e. The maximum absolute atomic E-state index is 13.7. The van der Waals surface area contributed by atoms with Crippen molar-refractivity contribution in [3.05, 3.63) is 139 Å². The highest BCUT2D eigenvalue weighted by atomic mass is 32.1. The number of hydrogen-bond donors (Lipinski definition) is 0. The van der Waals surface area contributed by atoms with Crippen LogP contribution in [0.4, 0.5) is 0 Å². The zero-order chi connectivity index (χ0) is 24.9. The molecule has 0 bridgehead atoms. The summed E-state index contributed by atoms with van der Waals surface area (Å²) >= 11 is 1.31. The summed E-state index contributed by atoms with van der Waals surface area (Å²) in [5.41, 5.74) is 3.34. The van der Waals surface area contributed by atoms with Gasteiger partial charge in [-0.15, -0.1) is 0 Å². The molecule has 0 fully saturated rings. The van der Waals surface area contributed by atoms with E-state index >= 15 is 0 Å². The molecule has 0 amide bonds. The van der Waals surface area contributed by atoms with Crippen molar-refractivity contribution in [2.75, 3.05) is 6.61 Å². The molecule has 4 aromatic rings. The van der Waals surface area contributed by atoms with E-state index in [0.717, 1.165) is 16.7 Å². The molecule has 5 nitrogen and oxygen atoms in total. The van der Waals surface area contributed by atoms with Gasteiger partial charge >= 0.3 is 5.97 Å². The Morgan fingerprint density at radius 2 is 1.61 bits per heavy atom. The van der Waals surface area contributed by atoms with Gasteiger partial charge in [-0.2, -0.15) is 0 Å². The van der Waals surface area contributed by atoms with E-state index in [2.05, 4.69) is 0 Å². The van der Waals surface area contributed by atoms with Gasteiger partial charge in [0.1, 0.15) is 0 Å².